The lowest BCUT2D eigenvalue weighted by Gasteiger charge is -2.07. The van der Waals surface area contributed by atoms with Gasteiger partial charge >= 0.3 is 6.18 Å². The highest BCUT2D eigenvalue weighted by atomic mass is 35.5. The van der Waals surface area contributed by atoms with Gasteiger partial charge < -0.3 is 0 Å². The van der Waals surface area contributed by atoms with Crippen molar-refractivity contribution in [1.29, 1.82) is 0 Å². The highest BCUT2D eigenvalue weighted by molar-refractivity contribution is 6.53. The molecule has 0 aliphatic heterocycles. The van der Waals surface area contributed by atoms with Crippen molar-refractivity contribution in [3.63, 3.8) is 0 Å². The first kappa shape index (κ1) is 17.3. The fraction of sp³-hybridized carbons (Fsp3) is 0.467. The summed E-state index contributed by atoms with van der Waals surface area (Å²) in [5.41, 5.74) is -0.535. The zero-order chi connectivity index (χ0) is 14.8. The maximum absolute atomic E-state index is 12.6. The van der Waals surface area contributed by atoms with Gasteiger partial charge in [-0.1, -0.05) is 48.0 Å². The minimum absolute atomic E-state index is 0.535. The Morgan fingerprint density at radius 2 is 1.90 bits per heavy atom. The maximum atomic E-state index is 12.6. The second-order valence-electron chi connectivity index (χ2n) is 4.75. The summed E-state index contributed by atoms with van der Waals surface area (Å²) in [6.45, 7) is 0. The number of hydrogen-bond acceptors (Lipinski definition) is 0. The molecular weight excluding hydrogens is 301 g/mol. The van der Waals surface area contributed by atoms with Gasteiger partial charge in [0.2, 0.25) is 0 Å². The molecule has 0 nitrogen and oxygen atoms in total. The molecule has 0 bridgehead atoms. The van der Waals surface area contributed by atoms with E-state index in [0.717, 1.165) is 43.0 Å². The fourth-order valence-corrected chi connectivity index (χ4v) is 3.51. The lowest BCUT2D eigenvalue weighted by atomic mass is 10.2. The summed E-state index contributed by atoms with van der Waals surface area (Å²) < 4.78 is 37.7. The molecule has 0 radical (unpaired) electrons. The van der Waals surface area contributed by atoms with Crippen LogP contribution in [0.2, 0.25) is 6.04 Å². The molecule has 0 saturated heterocycles. The van der Waals surface area contributed by atoms with E-state index >= 15 is 0 Å². The van der Waals surface area contributed by atoms with E-state index in [1.807, 2.05) is 0 Å². The van der Waals surface area contributed by atoms with Crippen molar-refractivity contribution >= 4 is 26.3 Å². The summed E-state index contributed by atoms with van der Waals surface area (Å²) in [6, 6.07) is 6.64. The molecule has 0 aliphatic rings. The molecule has 5 heteroatoms. The van der Waals surface area contributed by atoms with Crippen molar-refractivity contribution in [2.24, 2.45) is 0 Å². The Morgan fingerprint density at radius 1 is 1.10 bits per heavy atom. The molecule has 1 aromatic carbocycles. The van der Waals surface area contributed by atoms with Gasteiger partial charge in [-0.15, -0.1) is 11.6 Å². The summed E-state index contributed by atoms with van der Waals surface area (Å²) in [7, 11) is -0.643. The number of hydrogen-bond donors (Lipinski definition) is 0. The molecule has 0 spiro atoms. The number of alkyl halides is 4. The molecular formula is C15H20ClF3Si. The van der Waals surface area contributed by atoms with E-state index in [4.69, 9.17) is 11.6 Å². The van der Waals surface area contributed by atoms with E-state index in [1.165, 1.54) is 12.1 Å². The van der Waals surface area contributed by atoms with Gasteiger partial charge in [-0.05, 0) is 25.3 Å². The fourth-order valence-electron chi connectivity index (χ4n) is 1.92. The van der Waals surface area contributed by atoms with E-state index in [-0.39, 0.29) is 0 Å². The number of rotatable bonds is 8. The second-order valence-corrected chi connectivity index (χ2v) is 7.02. The molecule has 0 fully saturated rings. The Balaban J connectivity index is 2.30. The van der Waals surface area contributed by atoms with Crippen molar-refractivity contribution in [1.82, 2.24) is 0 Å². The zero-order valence-corrected chi connectivity index (χ0v) is 13.6. The van der Waals surface area contributed by atoms with E-state index in [0.29, 0.717) is 5.88 Å². The largest absolute Gasteiger partial charge is 0.416 e. The van der Waals surface area contributed by atoms with Gasteiger partial charge in [-0.3, -0.25) is 0 Å². The van der Waals surface area contributed by atoms with E-state index in [1.54, 1.807) is 6.07 Å². The maximum Gasteiger partial charge on any atom is 0.416 e. The highest BCUT2D eigenvalue weighted by Gasteiger charge is 2.30. The third-order valence-corrected chi connectivity index (χ3v) is 4.93. The standard InChI is InChI=1S/C15H20ClF3Si/c16-10-5-3-1-2-4-6-11-20-14-9-7-8-13(12-14)15(17,18)19/h4,6-9,12H,1-3,5,10-11,20H2. The van der Waals surface area contributed by atoms with Crippen LogP contribution in [0.4, 0.5) is 13.2 Å². The smallest absolute Gasteiger partial charge is 0.166 e. The second kappa shape index (κ2) is 9.24. The van der Waals surface area contributed by atoms with Crippen molar-refractivity contribution in [2.45, 2.75) is 37.9 Å². The van der Waals surface area contributed by atoms with Crippen LogP contribution in [0.15, 0.2) is 36.4 Å². The van der Waals surface area contributed by atoms with Crippen LogP contribution in [0, 0.1) is 0 Å². The molecule has 1 aromatic rings. The van der Waals surface area contributed by atoms with Crippen LogP contribution in [0.3, 0.4) is 0 Å². The Morgan fingerprint density at radius 3 is 2.60 bits per heavy atom. The molecule has 1 rings (SSSR count). The van der Waals surface area contributed by atoms with Gasteiger partial charge in [0.25, 0.3) is 0 Å². The van der Waals surface area contributed by atoms with Gasteiger partial charge in [0, 0.05) is 5.88 Å². The molecule has 0 atom stereocenters. The number of allylic oxidation sites excluding steroid dienone is 2. The first-order chi connectivity index (χ1) is 9.54. The Hall–Kier alpha value is -0.743. The molecule has 0 aliphatic carbocycles. The van der Waals surface area contributed by atoms with Gasteiger partial charge in [-0.25, -0.2) is 0 Å². The van der Waals surface area contributed by atoms with Crippen molar-refractivity contribution < 1.29 is 13.2 Å². The zero-order valence-electron chi connectivity index (χ0n) is 11.4. The van der Waals surface area contributed by atoms with Crippen LogP contribution >= 0.6 is 11.6 Å². The van der Waals surface area contributed by atoms with E-state index in [2.05, 4.69) is 12.2 Å². The van der Waals surface area contributed by atoms with Crippen LogP contribution < -0.4 is 5.19 Å². The van der Waals surface area contributed by atoms with Crippen LogP contribution in [-0.4, -0.2) is 15.4 Å². The normalized spacial score (nSPS) is 12.8. The lowest BCUT2D eigenvalue weighted by Crippen LogP contribution is -2.16. The van der Waals surface area contributed by atoms with Gasteiger partial charge in [0.15, 0.2) is 0 Å². The monoisotopic (exact) mass is 320 g/mol. The first-order valence-corrected chi connectivity index (χ1v) is 9.15. The molecule has 112 valence electrons. The summed E-state index contributed by atoms with van der Waals surface area (Å²) in [5, 5.41) is 0.867. The predicted octanol–water partition coefficient (Wildman–Crippen LogP) is 4.27. The average molecular weight is 321 g/mol. The van der Waals surface area contributed by atoms with Crippen molar-refractivity contribution in [3.8, 4) is 0 Å². The molecule has 0 unspecified atom stereocenters. The van der Waals surface area contributed by atoms with Gasteiger partial charge in [-0.2, -0.15) is 13.2 Å². The minimum Gasteiger partial charge on any atom is -0.166 e. The van der Waals surface area contributed by atoms with Crippen LogP contribution in [0.1, 0.15) is 31.2 Å². The number of halogens is 4. The summed E-state index contributed by atoms with van der Waals surface area (Å²) in [5.74, 6) is 0.714. The summed E-state index contributed by atoms with van der Waals surface area (Å²) in [6.07, 6.45) is 4.36. The Bertz CT molecular complexity index is 416. The van der Waals surface area contributed by atoms with Crippen molar-refractivity contribution in [3.05, 3.63) is 42.0 Å². The van der Waals surface area contributed by atoms with E-state index < -0.39 is 21.3 Å². The Kier molecular flexibility index (Phi) is 8.00. The summed E-state index contributed by atoms with van der Waals surface area (Å²) >= 11 is 5.58. The average Bonchev–Trinajstić information content (AvgIpc) is 2.41. The van der Waals surface area contributed by atoms with Crippen molar-refractivity contribution in [2.75, 3.05) is 5.88 Å². The van der Waals surface area contributed by atoms with Crippen LogP contribution in [0.25, 0.3) is 0 Å². The highest BCUT2D eigenvalue weighted by Crippen LogP contribution is 2.28. The van der Waals surface area contributed by atoms with Crippen LogP contribution in [-0.2, 0) is 6.18 Å². The SMILES string of the molecule is FC(F)(F)c1cccc([SiH2]CC=CCCCCCCl)c1. The molecule has 0 heterocycles. The van der Waals surface area contributed by atoms with Gasteiger partial charge in [0.1, 0.15) is 0 Å². The topological polar surface area (TPSA) is 0 Å². The molecule has 0 aromatic heterocycles. The third-order valence-electron chi connectivity index (χ3n) is 3.03. The molecule has 0 saturated carbocycles. The Labute approximate surface area is 125 Å². The van der Waals surface area contributed by atoms with Gasteiger partial charge in [0.05, 0.1) is 15.1 Å². The predicted molar refractivity (Wildman–Crippen MR) is 82.8 cm³/mol. The quantitative estimate of drug-likeness (QED) is 0.290. The first-order valence-electron chi connectivity index (χ1n) is 6.91. The van der Waals surface area contributed by atoms with E-state index in [9.17, 15) is 13.2 Å². The molecule has 0 N–H and O–H groups in total. The molecule has 20 heavy (non-hydrogen) atoms. The summed E-state index contributed by atoms with van der Waals surface area (Å²) in [4.78, 5) is 0. The number of benzene rings is 1. The third kappa shape index (κ3) is 7.15. The number of unbranched alkanes of at least 4 members (excludes halogenated alkanes) is 3. The van der Waals surface area contributed by atoms with Crippen LogP contribution in [0.5, 0.6) is 0 Å². The molecule has 0 amide bonds. The minimum atomic E-state index is -4.23. The lowest BCUT2D eigenvalue weighted by molar-refractivity contribution is -0.137.